The molecule has 2 N–H and O–H groups in total. The SMILES string of the molecule is CC(C)(C(=O)Nc1nnc(-c2ccccc2)[nH]1)[S+]([O-])C1CCCC1. The number of carbonyl (C=O) groups excluding carboxylic acids is 1. The first-order chi connectivity index (χ1) is 11.5. The van der Waals surface area contributed by atoms with Gasteiger partial charge < -0.3 is 9.54 Å². The van der Waals surface area contributed by atoms with Crippen molar-refractivity contribution in [1.29, 1.82) is 0 Å². The first kappa shape index (κ1) is 17.0. The molecule has 0 radical (unpaired) electrons. The van der Waals surface area contributed by atoms with Crippen molar-refractivity contribution in [1.82, 2.24) is 15.2 Å². The van der Waals surface area contributed by atoms with E-state index in [0.717, 1.165) is 31.2 Å². The van der Waals surface area contributed by atoms with Crippen LogP contribution >= 0.6 is 0 Å². The summed E-state index contributed by atoms with van der Waals surface area (Å²) >= 11 is -1.21. The fraction of sp³-hybridized carbons (Fsp3) is 0.471. The summed E-state index contributed by atoms with van der Waals surface area (Å²) in [6, 6.07) is 9.55. The standard InChI is InChI=1S/C17H22N4O2S/c1-17(2,24(23)13-10-6-7-11-13)15(22)19-16-18-14(20-21-16)12-8-4-3-5-9-12/h3-5,8-9,13H,6-7,10-11H2,1-2H3,(H2,18,19,20,21,22). The Morgan fingerprint density at radius 2 is 1.92 bits per heavy atom. The molecule has 1 aromatic carbocycles. The Morgan fingerprint density at radius 3 is 2.58 bits per heavy atom. The van der Waals surface area contributed by atoms with E-state index in [1.54, 1.807) is 13.8 Å². The third-order valence-corrected chi connectivity index (χ3v) is 6.69. The van der Waals surface area contributed by atoms with E-state index in [9.17, 15) is 9.35 Å². The van der Waals surface area contributed by atoms with Crippen molar-refractivity contribution in [3.8, 4) is 11.4 Å². The Kier molecular flexibility index (Phi) is 4.91. The molecule has 0 spiro atoms. The predicted molar refractivity (Wildman–Crippen MR) is 94.9 cm³/mol. The van der Waals surface area contributed by atoms with Crippen LogP contribution in [0.3, 0.4) is 0 Å². The maximum Gasteiger partial charge on any atom is 0.282 e. The van der Waals surface area contributed by atoms with Gasteiger partial charge in [-0.1, -0.05) is 30.3 Å². The molecule has 7 heteroatoms. The average Bonchev–Trinajstić information content (AvgIpc) is 3.26. The van der Waals surface area contributed by atoms with Gasteiger partial charge in [-0.15, -0.1) is 10.2 Å². The van der Waals surface area contributed by atoms with Crippen LogP contribution in [0, 0.1) is 0 Å². The van der Waals surface area contributed by atoms with E-state index < -0.39 is 15.9 Å². The molecule has 2 aromatic rings. The molecule has 1 aliphatic carbocycles. The Balaban J connectivity index is 1.69. The first-order valence-electron chi connectivity index (χ1n) is 8.19. The monoisotopic (exact) mass is 346 g/mol. The summed E-state index contributed by atoms with van der Waals surface area (Å²) in [6.07, 6.45) is 4.06. The minimum atomic E-state index is -1.21. The zero-order valence-corrected chi connectivity index (χ0v) is 14.7. The van der Waals surface area contributed by atoms with Gasteiger partial charge in [0.2, 0.25) is 5.95 Å². The second kappa shape index (κ2) is 6.94. The van der Waals surface area contributed by atoms with Crippen LogP contribution in [0.5, 0.6) is 0 Å². The Labute approximate surface area is 144 Å². The van der Waals surface area contributed by atoms with Gasteiger partial charge in [0.1, 0.15) is 5.25 Å². The molecule has 6 nitrogen and oxygen atoms in total. The van der Waals surface area contributed by atoms with Crippen LogP contribution in [-0.4, -0.2) is 35.6 Å². The number of hydrogen-bond donors (Lipinski definition) is 2. The van der Waals surface area contributed by atoms with Gasteiger partial charge in [-0.3, -0.25) is 10.1 Å². The van der Waals surface area contributed by atoms with E-state index in [1.807, 2.05) is 30.3 Å². The van der Waals surface area contributed by atoms with E-state index in [2.05, 4.69) is 20.5 Å². The molecule has 1 unspecified atom stereocenters. The summed E-state index contributed by atoms with van der Waals surface area (Å²) in [5, 5.41) is 10.8. The normalized spacial score (nSPS) is 17.0. The maximum atomic E-state index is 12.7. The van der Waals surface area contributed by atoms with Gasteiger partial charge >= 0.3 is 0 Å². The van der Waals surface area contributed by atoms with Crippen LogP contribution in [0.2, 0.25) is 0 Å². The Hall–Kier alpha value is -1.86. The molecule has 128 valence electrons. The van der Waals surface area contributed by atoms with E-state index in [-0.39, 0.29) is 17.1 Å². The summed E-state index contributed by atoms with van der Waals surface area (Å²) in [5.74, 6) is 0.555. The van der Waals surface area contributed by atoms with E-state index >= 15 is 0 Å². The summed E-state index contributed by atoms with van der Waals surface area (Å²) < 4.78 is 11.8. The number of nitrogens with one attached hydrogen (secondary N) is 2. The highest BCUT2D eigenvalue weighted by Crippen LogP contribution is 2.32. The van der Waals surface area contributed by atoms with Gasteiger partial charge in [0.25, 0.3) is 5.91 Å². The molecule has 1 saturated carbocycles. The minimum absolute atomic E-state index is 0.111. The summed E-state index contributed by atoms with van der Waals surface area (Å²) in [6.45, 7) is 3.45. The summed E-state index contributed by atoms with van der Waals surface area (Å²) in [5.41, 5.74) is 0.888. The molecule has 1 fully saturated rings. The molecule has 24 heavy (non-hydrogen) atoms. The number of amides is 1. The number of carbonyl (C=O) groups is 1. The third-order valence-electron chi connectivity index (χ3n) is 4.42. The van der Waals surface area contributed by atoms with Gasteiger partial charge in [-0.2, -0.15) is 0 Å². The van der Waals surface area contributed by atoms with E-state index in [1.165, 1.54) is 0 Å². The van der Waals surface area contributed by atoms with Gasteiger partial charge in [0.05, 0.1) is 0 Å². The van der Waals surface area contributed by atoms with E-state index in [0.29, 0.717) is 5.82 Å². The fourth-order valence-electron chi connectivity index (χ4n) is 2.91. The largest absolute Gasteiger partial charge is 0.615 e. The van der Waals surface area contributed by atoms with Crippen molar-refractivity contribution in [2.45, 2.75) is 49.5 Å². The highest BCUT2D eigenvalue weighted by Gasteiger charge is 2.45. The zero-order valence-electron chi connectivity index (χ0n) is 13.9. The molecule has 1 aliphatic rings. The number of H-pyrrole nitrogens is 1. The summed E-state index contributed by atoms with van der Waals surface area (Å²) in [7, 11) is 0. The van der Waals surface area contributed by atoms with Gasteiger partial charge in [-0.25, -0.2) is 0 Å². The number of nitrogens with zero attached hydrogens (tertiary/aromatic N) is 2. The molecule has 0 aliphatic heterocycles. The third kappa shape index (κ3) is 3.47. The first-order valence-corrected chi connectivity index (χ1v) is 9.40. The minimum Gasteiger partial charge on any atom is -0.615 e. The summed E-state index contributed by atoms with van der Waals surface area (Å²) in [4.78, 5) is 15.6. The van der Waals surface area contributed by atoms with Crippen molar-refractivity contribution in [3.63, 3.8) is 0 Å². The maximum absolute atomic E-state index is 12.7. The van der Waals surface area contributed by atoms with Gasteiger partial charge in [0, 0.05) is 5.56 Å². The van der Waals surface area contributed by atoms with Crippen molar-refractivity contribution in [2.24, 2.45) is 0 Å². The number of aromatic amines is 1. The number of anilines is 1. The van der Waals surface area contributed by atoms with Crippen LogP contribution in [0.25, 0.3) is 11.4 Å². The van der Waals surface area contributed by atoms with Crippen LogP contribution < -0.4 is 5.32 Å². The number of benzene rings is 1. The lowest BCUT2D eigenvalue weighted by atomic mass is 10.2. The zero-order chi connectivity index (χ0) is 17.2. The van der Waals surface area contributed by atoms with Crippen molar-refractivity contribution < 1.29 is 9.35 Å². The van der Waals surface area contributed by atoms with Gasteiger partial charge in [0.15, 0.2) is 10.6 Å². The van der Waals surface area contributed by atoms with Crippen LogP contribution in [-0.2, 0) is 16.0 Å². The molecule has 1 amide bonds. The van der Waals surface area contributed by atoms with Crippen molar-refractivity contribution >= 4 is 23.0 Å². The number of rotatable bonds is 5. The molecule has 3 rings (SSSR count). The second-order valence-corrected chi connectivity index (χ2v) is 8.84. The Morgan fingerprint density at radius 1 is 1.25 bits per heavy atom. The van der Waals surface area contributed by atoms with Gasteiger partial charge in [-0.05, 0) is 50.7 Å². The topological polar surface area (TPSA) is 93.7 Å². The molecular formula is C17H22N4O2S. The fourth-order valence-corrected chi connectivity index (χ4v) is 4.74. The lowest BCUT2D eigenvalue weighted by Gasteiger charge is -2.30. The molecular weight excluding hydrogens is 324 g/mol. The van der Waals surface area contributed by atoms with E-state index in [4.69, 9.17) is 0 Å². The Bertz CT molecular complexity index is 696. The lowest BCUT2D eigenvalue weighted by molar-refractivity contribution is -0.117. The number of hydrogen-bond acceptors (Lipinski definition) is 4. The van der Waals surface area contributed by atoms with Crippen LogP contribution in [0.4, 0.5) is 5.95 Å². The lowest BCUT2D eigenvalue weighted by Crippen LogP contribution is -2.48. The second-order valence-electron chi connectivity index (χ2n) is 6.56. The van der Waals surface area contributed by atoms with Crippen molar-refractivity contribution in [2.75, 3.05) is 5.32 Å². The number of aromatic nitrogens is 3. The molecule has 0 bridgehead atoms. The van der Waals surface area contributed by atoms with Crippen molar-refractivity contribution in [3.05, 3.63) is 30.3 Å². The average molecular weight is 346 g/mol. The molecule has 0 saturated heterocycles. The molecule has 1 atom stereocenters. The molecule has 1 heterocycles. The van der Waals surface area contributed by atoms with Crippen LogP contribution in [0.15, 0.2) is 30.3 Å². The molecule has 1 aromatic heterocycles. The smallest absolute Gasteiger partial charge is 0.282 e. The van der Waals surface area contributed by atoms with Crippen LogP contribution in [0.1, 0.15) is 39.5 Å². The predicted octanol–water partition coefficient (Wildman–Crippen LogP) is 2.88. The highest BCUT2D eigenvalue weighted by atomic mass is 32.2. The highest BCUT2D eigenvalue weighted by molar-refractivity contribution is 7.94. The quantitative estimate of drug-likeness (QED) is 0.814.